The molecule has 0 radical (unpaired) electrons. The molecule has 0 aliphatic carbocycles. The maximum Gasteiger partial charge on any atom is 0.188 e. The Morgan fingerprint density at radius 3 is 2.84 bits per heavy atom. The molecule has 0 aliphatic rings. The Balaban J connectivity index is 1.96. The minimum absolute atomic E-state index is 0.192. The number of benzene rings is 2. The molecule has 3 nitrogen and oxygen atoms in total. The minimum atomic E-state index is -0.350. The van der Waals surface area contributed by atoms with Gasteiger partial charge in [0.1, 0.15) is 11.6 Å². The highest BCUT2D eigenvalue weighted by Crippen LogP contribution is 2.31. The lowest BCUT2D eigenvalue weighted by Gasteiger charge is -2.03. The van der Waals surface area contributed by atoms with E-state index in [0.717, 1.165) is 10.2 Å². The number of phenolic OH excluding ortho intramolecular Hbond substituents is 1. The van der Waals surface area contributed by atoms with Gasteiger partial charge in [0, 0.05) is 4.47 Å². The fourth-order valence-corrected chi connectivity index (χ4v) is 2.92. The summed E-state index contributed by atoms with van der Waals surface area (Å²) in [5.74, 6) is -0.158. The number of phenols is 1. The molecule has 2 aromatic carbocycles. The van der Waals surface area contributed by atoms with Crippen LogP contribution < -0.4 is 5.32 Å². The number of hydrogen-bond acceptors (Lipinski definition) is 4. The van der Waals surface area contributed by atoms with Crippen molar-refractivity contribution in [2.45, 2.75) is 0 Å². The molecule has 0 atom stereocenters. The molecule has 1 aromatic heterocycles. The largest absolute Gasteiger partial charge is 0.508 e. The van der Waals surface area contributed by atoms with Gasteiger partial charge in [-0.15, -0.1) is 0 Å². The highest BCUT2D eigenvalue weighted by molar-refractivity contribution is 9.10. The number of aromatic nitrogens is 1. The van der Waals surface area contributed by atoms with E-state index < -0.39 is 0 Å². The number of halogens is 2. The maximum absolute atomic E-state index is 13.7. The Kier molecular flexibility index (Phi) is 3.12. The first-order valence-corrected chi connectivity index (χ1v) is 7.04. The smallest absolute Gasteiger partial charge is 0.188 e. The van der Waals surface area contributed by atoms with Crippen LogP contribution in [-0.4, -0.2) is 10.1 Å². The predicted molar refractivity (Wildman–Crippen MR) is 78.7 cm³/mol. The topological polar surface area (TPSA) is 45.2 Å². The van der Waals surface area contributed by atoms with Crippen molar-refractivity contribution in [2.24, 2.45) is 0 Å². The fraction of sp³-hybridized carbons (Fsp3) is 0. The first kappa shape index (κ1) is 12.4. The fourth-order valence-electron chi connectivity index (χ4n) is 1.67. The third-order valence-electron chi connectivity index (χ3n) is 2.54. The van der Waals surface area contributed by atoms with Crippen molar-refractivity contribution < 1.29 is 9.50 Å². The molecule has 0 spiro atoms. The van der Waals surface area contributed by atoms with Crippen molar-refractivity contribution in [1.82, 2.24) is 4.98 Å². The van der Waals surface area contributed by atoms with Gasteiger partial charge in [0.15, 0.2) is 5.13 Å². The number of rotatable bonds is 2. The van der Waals surface area contributed by atoms with E-state index >= 15 is 0 Å². The van der Waals surface area contributed by atoms with Gasteiger partial charge in [-0.3, -0.25) is 0 Å². The van der Waals surface area contributed by atoms with Crippen molar-refractivity contribution in [3.63, 3.8) is 0 Å². The molecule has 19 heavy (non-hydrogen) atoms. The van der Waals surface area contributed by atoms with Gasteiger partial charge in [-0.25, -0.2) is 9.37 Å². The minimum Gasteiger partial charge on any atom is -0.508 e. The van der Waals surface area contributed by atoms with Crippen molar-refractivity contribution in [3.05, 3.63) is 46.7 Å². The van der Waals surface area contributed by atoms with Gasteiger partial charge in [0.25, 0.3) is 0 Å². The van der Waals surface area contributed by atoms with Gasteiger partial charge in [-0.2, -0.15) is 0 Å². The second-order valence-electron chi connectivity index (χ2n) is 3.92. The van der Waals surface area contributed by atoms with Crippen LogP contribution in [0.5, 0.6) is 5.75 Å². The molecule has 1 heterocycles. The van der Waals surface area contributed by atoms with Crippen LogP contribution in [0.25, 0.3) is 10.2 Å². The molecule has 0 unspecified atom stereocenters. The van der Waals surface area contributed by atoms with Crippen molar-refractivity contribution >= 4 is 48.3 Å². The molecule has 96 valence electrons. The van der Waals surface area contributed by atoms with E-state index in [1.807, 2.05) is 0 Å². The summed E-state index contributed by atoms with van der Waals surface area (Å²) < 4.78 is 15.2. The van der Waals surface area contributed by atoms with E-state index in [0.29, 0.717) is 15.3 Å². The van der Waals surface area contributed by atoms with E-state index in [4.69, 9.17) is 0 Å². The highest BCUT2D eigenvalue weighted by Gasteiger charge is 2.08. The predicted octanol–water partition coefficient (Wildman–Crippen LogP) is 4.65. The molecule has 3 rings (SSSR count). The van der Waals surface area contributed by atoms with E-state index in [1.165, 1.54) is 17.4 Å². The average Bonchev–Trinajstić information content (AvgIpc) is 2.74. The molecule has 0 fully saturated rings. The molecule has 0 saturated heterocycles. The van der Waals surface area contributed by atoms with Crippen LogP contribution in [-0.2, 0) is 0 Å². The molecule has 0 saturated carbocycles. The highest BCUT2D eigenvalue weighted by atomic mass is 79.9. The number of hydrogen-bond donors (Lipinski definition) is 2. The van der Waals surface area contributed by atoms with Gasteiger partial charge in [0.2, 0.25) is 0 Å². The van der Waals surface area contributed by atoms with Crippen molar-refractivity contribution in [1.29, 1.82) is 0 Å². The lowest BCUT2D eigenvalue weighted by molar-refractivity contribution is 0.476. The van der Waals surface area contributed by atoms with E-state index in [-0.39, 0.29) is 11.6 Å². The summed E-state index contributed by atoms with van der Waals surface area (Å²) in [6.07, 6.45) is 0. The normalized spacial score (nSPS) is 10.8. The second-order valence-corrected chi connectivity index (χ2v) is 5.87. The monoisotopic (exact) mass is 338 g/mol. The number of fused-ring (bicyclic) bond motifs is 1. The number of thiazole rings is 1. The summed E-state index contributed by atoms with van der Waals surface area (Å²) in [5, 5.41) is 12.9. The third-order valence-corrected chi connectivity index (χ3v) is 3.97. The molecule has 0 aliphatic heterocycles. The van der Waals surface area contributed by atoms with Crippen LogP contribution in [0.4, 0.5) is 15.2 Å². The Morgan fingerprint density at radius 2 is 2.05 bits per heavy atom. The Hall–Kier alpha value is -1.66. The van der Waals surface area contributed by atoms with Crippen LogP contribution in [0.3, 0.4) is 0 Å². The Bertz CT molecular complexity index is 759. The molecule has 3 aromatic rings. The standard InChI is InChI=1S/C13H8BrFN2OS/c14-7-1-3-10(9(15)5-7)16-13-17-11-4-2-8(18)6-12(11)19-13/h1-6,18H,(H,16,17). The average molecular weight is 339 g/mol. The zero-order valence-corrected chi connectivity index (χ0v) is 11.9. The molecule has 2 N–H and O–H groups in total. The lowest BCUT2D eigenvalue weighted by atomic mass is 10.3. The molecular formula is C13H8BrFN2OS. The van der Waals surface area contributed by atoms with Crippen molar-refractivity contribution in [3.8, 4) is 5.75 Å². The van der Waals surface area contributed by atoms with Gasteiger partial charge in [-0.05, 0) is 36.4 Å². The van der Waals surface area contributed by atoms with Gasteiger partial charge in [-0.1, -0.05) is 27.3 Å². The molecule has 6 heteroatoms. The SMILES string of the molecule is Oc1ccc2nc(Nc3ccc(Br)cc3F)sc2c1. The summed E-state index contributed by atoms with van der Waals surface area (Å²) in [4.78, 5) is 4.33. The molecule has 0 amide bonds. The summed E-state index contributed by atoms with van der Waals surface area (Å²) in [7, 11) is 0. The summed E-state index contributed by atoms with van der Waals surface area (Å²) in [5.41, 5.74) is 1.13. The number of aromatic hydroxyl groups is 1. The summed E-state index contributed by atoms with van der Waals surface area (Å²) >= 11 is 4.57. The van der Waals surface area contributed by atoms with E-state index in [2.05, 4.69) is 26.2 Å². The zero-order chi connectivity index (χ0) is 13.4. The van der Waals surface area contributed by atoms with Crippen LogP contribution in [0.1, 0.15) is 0 Å². The molecule has 0 bridgehead atoms. The quantitative estimate of drug-likeness (QED) is 0.715. The van der Waals surface area contributed by atoms with Crippen LogP contribution in [0.2, 0.25) is 0 Å². The number of nitrogens with zero attached hydrogens (tertiary/aromatic N) is 1. The first-order valence-electron chi connectivity index (χ1n) is 5.43. The van der Waals surface area contributed by atoms with E-state index in [1.54, 1.807) is 30.3 Å². The zero-order valence-electron chi connectivity index (χ0n) is 9.52. The van der Waals surface area contributed by atoms with Gasteiger partial charge in [0.05, 0.1) is 15.9 Å². The lowest BCUT2D eigenvalue weighted by Crippen LogP contribution is -1.92. The van der Waals surface area contributed by atoms with Crippen molar-refractivity contribution in [2.75, 3.05) is 5.32 Å². The second kappa shape index (κ2) is 4.79. The summed E-state index contributed by atoms with van der Waals surface area (Å²) in [6, 6.07) is 9.72. The Labute approximate surface area is 120 Å². The summed E-state index contributed by atoms with van der Waals surface area (Å²) in [6.45, 7) is 0. The number of nitrogens with one attached hydrogen (secondary N) is 1. The van der Waals surface area contributed by atoms with Crippen LogP contribution in [0.15, 0.2) is 40.9 Å². The first-order chi connectivity index (χ1) is 9.11. The van der Waals surface area contributed by atoms with Crippen LogP contribution >= 0.6 is 27.3 Å². The van der Waals surface area contributed by atoms with E-state index in [9.17, 15) is 9.50 Å². The molecular weight excluding hydrogens is 331 g/mol. The van der Waals surface area contributed by atoms with Gasteiger partial charge < -0.3 is 10.4 Å². The van der Waals surface area contributed by atoms with Crippen LogP contribution in [0, 0.1) is 5.82 Å². The maximum atomic E-state index is 13.7. The third kappa shape index (κ3) is 2.54. The Morgan fingerprint density at radius 1 is 1.21 bits per heavy atom. The van der Waals surface area contributed by atoms with Gasteiger partial charge >= 0.3 is 0 Å². The number of anilines is 2.